The Morgan fingerprint density at radius 3 is 2.58 bits per heavy atom. The van der Waals surface area contributed by atoms with Crippen LogP contribution >= 0.6 is 0 Å². The summed E-state index contributed by atoms with van der Waals surface area (Å²) in [5.41, 5.74) is 0.474. The fraction of sp³-hybridized carbons (Fsp3) is 0.550. The average molecular weight is 441 g/mol. The number of carbonyl (C=O) groups excluding carboxylic acids is 3. The molecular weight excluding hydrogens is 415 g/mol. The van der Waals surface area contributed by atoms with Crippen molar-refractivity contribution in [3.63, 3.8) is 0 Å². The molecule has 1 aliphatic heterocycles. The smallest absolute Gasteiger partial charge is 0.534 e. The van der Waals surface area contributed by atoms with Crippen molar-refractivity contribution >= 4 is 25.0 Å². The van der Waals surface area contributed by atoms with E-state index in [1.807, 2.05) is 13.8 Å². The first-order chi connectivity index (χ1) is 14.6. The Kier molecular flexibility index (Phi) is 8.38. The summed E-state index contributed by atoms with van der Waals surface area (Å²) in [5, 5.41) is 12.5. The summed E-state index contributed by atoms with van der Waals surface area (Å²) < 4.78 is 41.3. The van der Waals surface area contributed by atoms with Crippen LogP contribution in [0.3, 0.4) is 0 Å². The molecule has 11 heteroatoms. The number of hydrogen-bond donors (Lipinski definition) is 2. The van der Waals surface area contributed by atoms with Gasteiger partial charge in [0.15, 0.2) is 0 Å². The molecule has 1 aliphatic rings. The van der Waals surface area contributed by atoms with Gasteiger partial charge in [0, 0.05) is 0 Å². The quantitative estimate of drug-likeness (QED) is 0.344. The number of hydrogen-bond acceptors (Lipinski definition) is 7. The number of benzene rings is 1. The van der Waals surface area contributed by atoms with Crippen LogP contribution < -0.4 is 9.97 Å². The zero-order valence-electron chi connectivity index (χ0n) is 17.7. The van der Waals surface area contributed by atoms with Crippen LogP contribution in [-0.2, 0) is 25.5 Å². The van der Waals surface area contributed by atoms with E-state index in [2.05, 4.69) is 5.32 Å². The van der Waals surface area contributed by atoms with E-state index in [0.717, 1.165) is 0 Å². The maximum atomic E-state index is 13.0. The normalized spacial score (nSPS) is 15.7. The van der Waals surface area contributed by atoms with Gasteiger partial charge >= 0.3 is 19.1 Å². The molecule has 2 rings (SSSR count). The number of carbonyl (C=O) groups is 3. The van der Waals surface area contributed by atoms with Gasteiger partial charge in [0.1, 0.15) is 11.3 Å². The lowest BCUT2D eigenvalue weighted by atomic mass is 9.72. The molecule has 1 aromatic carbocycles. The average Bonchev–Trinajstić information content (AvgIpc) is 2.67. The highest BCUT2D eigenvalue weighted by atomic mass is 19.3. The van der Waals surface area contributed by atoms with Gasteiger partial charge in [-0.3, -0.25) is 9.59 Å². The fourth-order valence-corrected chi connectivity index (χ4v) is 3.21. The van der Waals surface area contributed by atoms with Crippen LogP contribution in [0.15, 0.2) is 18.2 Å². The molecule has 0 bridgehead atoms. The molecule has 1 aromatic rings. The minimum atomic E-state index is -3.18. The van der Waals surface area contributed by atoms with Crippen molar-refractivity contribution in [1.29, 1.82) is 0 Å². The molecule has 0 fully saturated rings. The molecule has 0 spiro atoms. The largest absolute Gasteiger partial charge is 0.547 e. The van der Waals surface area contributed by atoms with E-state index in [0.29, 0.717) is 25.3 Å². The second kappa shape index (κ2) is 10.6. The second-order valence-corrected chi connectivity index (χ2v) is 7.45. The highest BCUT2D eigenvalue weighted by molar-refractivity contribution is 6.47. The summed E-state index contributed by atoms with van der Waals surface area (Å²) in [5.74, 6) is -6.59. The Bertz CT molecular complexity index is 811. The molecule has 31 heavy (non-hydrogen) atoms. The SMILES string of the molecule is CCC(CC)C(=O)OCOC(=O)c1cccc2c1OB(O)[C@@H](NC(=O)CC(C)(F)F)C2. The number of esters is 2. The van der Waals surface area contributed by atoms with Crippen molar-refractivity contribution in [3.05, 3.63) is 29.3 Å². The molecule has 0 saturated heterocycles. The second-order valence-electron chi connectivity index (χ2n) is 7.45. The number of nitrogens with one attached hydrogen (secondary N) is 1. The van der Waals surface area contributed by atoms with Crippen molar-refractivity contribution in [3.8, 4) is 5.75 Å². The topological polar surface area (TPSA) is 111 Å². The van der Waals surface area contributed by atoms with Gasteiger partial charge in [-0.05, 0) is 37.8 Å². The van der Waals surface area contributed by atoms with E-state index in [-0.39, 0.29) is 23.7 Å². The Balaban J connectivity index is 2.01. The van der Waals surface area contributed by atoms with E-state index >= 15 is 0 Å². The highest BCUT2D eigenvalue weighted by Gasteiger charge is 2.39. The lowest BCUT2D eigenvalue weighted by molar-refractivity contribution is -0.157. The van der Waals surface area contributed by atoms with Crippen molar-refractivity contribution in [2.45, 2.75) is 58.3 Å². The predicted molar refractivity (Wildman–Crippen MR) is 106 cm³/mol. The molecule has 170 valence electrons. The van der Waals surface area contributed by atoms with Crippen LogP contribution in [0.1, 0.15) is 56.0 Å². The first kappa shape index (κ1) is 24.6. The van der Waals surface area contributed by atoms with E-state index in [1.54, 1.807) is 12.1 Å². The van der Waals surface area contributed by atoms with Gasteiger partial charge in [-0.15, -0.1) is 0 Å². The lowest BCUT2D eigenvalue weighted by Crippen LogP contribution is -2.53. The number of fused-ring (bicyclic) bond motifs is 1. The number of amides is 1. The summed E-state index contributed by atoms with van der Waals surface area (Å²) in [7, 11) is -1.55. The molecular formula is C20H26BF2NO7. The highest BCUT2D eigenvalue weighted by Crippen LogP contribution is 2.31. The van der Waals surface area contributed by atoms with Crippen molar-refractivity contribution in [2.75, 3.05) is 6.79 Å². The first-order valence-electron chi connectivity index (χ1n) is 10.0. The Morgan fingerprint density at radius 1 is 1.29 bits per heavy atom. The lowest BCUT2D eigenvalue weighted by Gasteiger charge is -2.29. The van der Waals surface area contributed by atoms with Gasteiger partial charge < -0.3 is 24.5 Å². The molecule has 1 heterocycles. The molecule has 1 atom stereocenters. The molecule has 2 N–H and O–H groups in total. The summed E-state index contributed by atoms with van der Waals surface area (Å²) in [4.78, 5) is 36.0. The third-order valence-electron chi connectivity index (χ3n) is 4.87. The van der Waals surface area contributed by atoms with Crippen LogP contribution in [0.5, 0.6) is 5.75 Å². The number of alkyl halides is 2. The zero-order valence-corrected chi connectivity index (χ0v) is 17.7. The van der Waals surface area contributed by atoms with Crippen molar-refractivity contribution < 1.29 is 42.3 Å². The summed E-state index contributed by atoms with van der Waals surface area (Å²) in [6.45, 7) is 3.76. The maximum absolute atomic E-state index is 13.0. The zero-order chi connectivity index (χ0) is 23.2. The summed E-state index contributed by atoms with van der Waals surface area (Å²) in [6, 6.07) is 4.57. The first-order valence-corrected chi connectivity index (χ1v) is 10.0. The van der Waals surface area contributed by atoms with Crippen LogP contribution in [0.25, 0.3) is 0 Å². The van der Waals surface area contributed by atoms with Gasteiger partial charge in [-0.25, -0.2) is 13.6 Å². The van der Waals surface area contributed by atoms with Crippen LogP contribution in [-0.4, -0.2) is 48.6 Å². The molecule has 0 saturated carbocycles. The van der Waals surface area contributed by atoms with E-state index < -0.39 is 50.0 Å². The van der Waals surface area contributed by atoms with Gasteiger partial charge in [0.2, 0.25) is 12.7 Å². The minimum Gasteiger partial charge on any atom is -0.534 e. The molecule has 0 radical (unpaired) electrons. The third kappa shape index (κ3) is 6.91. The Morgan fingerprint density at radius 2 is 1.97 bits per heavy atom. The van der Waals surface area contributed by atoms with Crippen molar-refractivity contribution in [2.24, 2.45) is 5.92 Å². The van der Waals surface area contributed by atoms with E-state index in [9.17, 15) is 28.2 Å². The third-order valence-corrected chi connectivity index (χ3v) is 4.87. The molecule has 0 unspecified atom stereocenters. The number of rotatable bonds is 9. The van der Waals surface area contributed by atoms with E-state index in [1.165, 1.54) is 6.07 Å². The van der Waals surface area contributed by atoms with Gasteiger partial charge in [-0.2, -0.15) is 0 Å². The maximum Gasteiger partial charge on any atom is 0.547 e. The monoisotopic (exact) mass is 441 g/mol. The minimum absolute atomic E-state index is 0.0000000787. The molecule has 0 aliphatic carbocycles. The summed E-state index contributed by atoms with van der Waals surface area (Å²) >= 11 is 0. The van der Waals surface area contributed by atoms with Gasteiger partial charge in [0.05, 0.1) is 18.3 Å². The molecule has 8 nitrogen and oxygen atoms in total. The van der Waals surface area contributed by atoms with Crippen LogP contribution in [0.4, 0.5) is 8.78 Å². The van der Waals surface area contributed by atoms with Crippen LogP contribution in [0, 0.1) is 5.92 Å². The molecule has 0 aromatic heterocycles. The molecule has 1 amide bonds. The number of halogens is 2. The number of para-hydroxylation sites is 1. The van der Waals surface area contributed by atoms with Crippen molar-refractivity contribution in [1.82, 2.24) is 5.32 Å². The standard InChI is InChI=1S/C20H26BF2NO7/c1-4-12(5-2)18(26)29-11-30-19(27)14-8-6-7-13-9-15(21(28)31-17(13)14)24-16(25)10-20(3,22)23/h6-8,12,15,28H,4-5,9-11H2,1-3H3,(H,24,25)/t15-/m0/s1. The van der Waals surface area contributed by atoms with Crippen LogP contribution in [0.2, 0.25) is 0 Å². The van der Waals surface area contributed by atoms with Gasteiger partial charge in [-0.1, -0.05) is 26.0 Å². The van der Waals surface area contributed by atoms with E-state index in [4.69, 9.17) is 14.1 Å². The Labute approximate surface area is 179 Å². The Hall–Kier alpha value is -2.69. The predicted octanol–water partition coefficient (Wildman–Crippen LogP) is 2.27. The summed E-state index contributed by atoms with van der Waals surface area (Å²) in [6.07, 6.45) is 0.247. The van der Waals surface area contributed by atoms with Gasteiger partial charge in [0.25, 0.3) is 5.92 Å². The fourth-order valence-electron chi connectivity index (χ4n) is 3.21. The number of ether oxygens (including phenoxy) is 2.